The zero-order valence-corrected chi connectivity index (χ0v) is 16.7. The maximum Gasteiger partial charge on any atom is 0.368 e. The number of carbonyl (C=O) groups is 1. The quantitative estimate of drug-likeness (QED) is 0.673. The molecule has 2 N–H and O–H groups in total. The molecule has 0 aliphatic carbocycles. The highest BCUT2D eigenvalue weighted by atomic mass is 32.2. The largest absolute Gasteiger partial charge is 0.368 e. The van der Waals surface area contributed by atoms with Crippen molar-refractivity contribution in [3.05, 3.63) is 59.2 Å². The average molecular weight is 412 g/mol. The first-order chi connectivity index (χ1) is 12.9. The maximum absolute atomic E-state index is 14.1. The van der Waals surface area contributed by atoms with Crippen LogP contribution in [0.4, 0.5) is 25.0 Å². The van der Waals surface area contributed by atoms with Gasteiger partial charge >= 0.3 is 16.3 Å². The third kappa shape index (κ3) is 4.66. The third-order valence-electron chi connectivity index (χ3n) is 4.15. The molecule has 0 aromatic heterocycles. The molecule has 0 saturated heterocycles. The molecule has 28 heavy (non-hydrogen) atoms. The van der Waals surface area contributed by atoms with Crippen LogP contribution in [0.2, 0.25) is 0 Å². The van der Waals surface area contributed by atoms with E-state index >= 15 is 0 Å². The highest BCUT2D eigenvalue weighted by Crippen LogP contribution is 2.33. The van der Waals surface area contributed by atoms with Crippen LogP contribution in [-0.2, 0) is 10.3 Å². The SMILES string of the molecule is CC(C)c1cccc(C(C)C)c1NC(=O)N(c1ccc(F)cc1F)S(=O)(=O)O. The van der Waals surface area contributed by atoms with Crippen molar-refractivity contribution in [1.29, 1.82) is 0 Å². The summed E-state index contributed by atoms with van der Waals surface area (Å²) >= 11 is 0. The van der Waals surface area contributed by atoms with Crippen molar-refractivity contribution in [2.75, 3.05) is 9.62 Å². The summed E-state index contributed by atoms with van der Waals surface area (Å²) in [5.74, 6) is -2.27. The summed E-state index contributed by atoms with van der Waals surface area (Å²) in [7, 11) is -5.18. The predicted octanol–water partition coefficient (Wildman–Crippen LogP) is 5.05. The van der Waals surface area contributed by atoms with Crippen molar-refractivity contribution in [2.45, 2.75) is 39.5 Å². The number of nitrogens with one attached hydrogen (secondary N) is 1. The van der Waals surface area contributed by atoms with Gasteiger partial charge in [0.1, 0.15) is 5.82 Å². The zero-order valence-electron chi connectivity index (χ0n) is 15.9. The van der Waals surface area contributed by atoms with E-state index in [0.717, 1.165) is 23.3 Å². The van der Waals surface area contributed by atoms with Crippen molar-refractivity contribution in [3.63, 3.8) is 0 Å². The Balaban J connectivity index is 2.57. The lowest BCUT2D eigenvalue weighted by atomic mass is 9.93. The monoisotopic (exact) mass is 412 g/mol. The number of hydrogen-bond donors (Lipinski definition) is 2. The molecule has 2 rings (SSSR count). The number of urea groups is 1. The third-order valence-corrected chi connectivity index (χ3v) is 4.97. The molecule has 0 spiro atoms. The van der Waals surface area contributed by atoms with Crippen LogP contribution in [0.25, 0.3) is 0 Å². The Morgan fingerprint density at radius 2 is 1.57 bits per heavy atom. The van der Waals surface area contributed by atoms with Gasteiger partial charge in [-0.3, -0.25) is 4.55 Å². The highest BCUT2D eigenvalue weighted by Gasteiger charge is 2.31. The number of para-hydroxylation sites is 1. The molecular formula is C19H22F2N2O4S. The fourth-order valence-corrected chi connectivity index (χ4v) is 3.49. The molecule has 0 fully saturated rings. The van der Waals surface area contributed by atoms with Gasteiger partial charge in [0.2, 0.25) is 0 Å². The van der Waals surface area contributed by atoms with Gasteiger partial charge in [0, 0.05) is 11.8 Å². The molecule has 0 aliphatic rings. The summed E-state index contributed by atoms with van der Waals surface area (Å²) in [5, 5.41) is 2.48. The van der Waals surface area contributed by atoms with Crippen LogP contribution in [0.1, 0.15) is 50.7 Å². The topological polar surface area (TPSA) is 86.7 Å². The van der Waals surface area contributed by atoms with Gasteiger partial charge in [0.25, 0.3) is 0 Å². The number of amides is 2. The predicted molar refractivity (Wildman–Crippen MR) is 104 cm³/mol. The zero-order chi connectivity index (χ0) is 21.2. The van der Waals surface area contributed by atoms with E-state index in [1.807, 2.05) is 33.8 Å². The maximum atomic E-state index is 14.1. The van der Waals surface area contributed by atoms with Crippen LogP contribution in [0, 0.1) is 11.6 Å². The van der Waals surface area contributed by atoms with Crippen molar-refractivity contribution in [2.24, 2.45) is 0 Å². The van der Waals surface area contributed by atoms with Crippen LogP contribution in [-0.4, -0.2) is 19.0 Å². The number of rotatable bonds is 5. The average Bonchev–Trinajstić information content (AvgIpc) is 2.55. The molecule has 0 aliphatic heterocycles. The first kappa shape index (κ1) is 21.8. The molecule has 2 amide bonds. The molecule has 9 heteroatoms. The standard InChI is InChI=1S/C19H22F2N2O4S/c1-11(2)14-6-5-7-15(12(3)4)18(14)22-19(24)23(28(25,26)27)17-9-8-13(20)10-16(17)21/h5-12H,1-4H3,(H,22,24)(H,25,26,27). The summed E-state index contributed by atoms with van der Waals surface area (Å²) < 4.78 is 60.2. The van der Waals surface area contributed by atoms with E-state index in [0.29, 0.717) is 11.8 Å². The normalized spacial score (nSPS) is 11.8. The first-order valence-corrected chi connectivity index (χ1v) is 9.99. The van der Waals surface area contributed by atoms with E-state index < -0.39 is 33.7 Å². The van der Waals surface area contributed by atoms with Gasteiger partial charge in [-0.05, 0) is 35.1 Å². The van der Waals surface area contributed by atoms with Gasteiger partial charge in [-0.2, -0.15) is 12.7 Å². The van der Waals surface area contributed by atoms with E-state index in [1.165, 1.54) is 0 Å². The van der Waals surface area contributed by atoms with Crippen molar-refractivity contribution >= 4 is 27.7 Å². The van der Waals surface area contributed by atoms with E-state index in [2.05, 4.69) is 5.32 Å². The number of nitrogens with zero attached hydrogens (tertiary/aromatic N) is 1. The van der Waals surface area contributed by atoms with E-state index in [1.54, 1.807) is 12.1 Å². The minimum absolute atomic E-state index is 0.00394. The lowest BCUT2D eigenvalue weighted by Crippen LogP contribution is -2.40. The summed E-state index contributed by atoms with van der Waals surface area (Å²) in [6.07, 6.45) is 0. The van der Waals surface area contributed by atoms with Gasteiger partial charge in [0.15, 0.2) is 5.82 Å². The molecule has 2 aromatic carbocycles. The van der Waals surface area contributed by atoms with Crippen molar-refractivity contribution < 1.29 is 26.5 Å². The summed E-state index contributed by atoms with van der Waals surface area (Å²) in [6.45, 7) is 7.59. The second kappa shape index (κ2) is 8.24. The summed E-state index contributed by atoms with van der Waals surface area (Å²) in [4.78, 5) is 12.8. The number of benzene rings is 2. The molecule has 0 heterocycles. The molecule has 2 aromatic rings. The molecule has 0 saturated carbocycles. The fraction of sp³-hybridized carbons (Fsp3) is 0.316. The lowest BCUT2D eigenvalue weighted by molar-refractivity contribution is 0.259. The van der Waals surface area contributed by atoms with Gasteiger partial charge < -0.3 is 5.32 Å². The van der Waals surface area contributed by atoms with Crippen molar-refractivity contribution in [3.8, 4) is 0 Å². The Hall–Kier alpha value is -2.52. The Labute approximate surface area is 163 Å². The number of carbonyl (C=O) groups excluding carboxylic acids is 1. The molecule has 6 nitrogen and oxygen atoms in total. The Kier molecular flexibility index (Phi) is 6.41. The van der Waals surface area contributed by atoms with Crippen LogP contribution in [0.15, 0.2) is 36.4 Å². The van der Waals surface area contributed by atoms with Crippen LogP contribution >= 0.6 is 0 Å². The second-order valence-corrected chi connectivity index (χ2v) is 8.15. The van der Waals surface area contributed by atoms with Gasteiger partial charge in [0.05, 0.1) is 5.69 Å². The Morgan fingerprint density at radius 3 is 2.00 bits per heavy atom. The minimum Gasteiger partial charge on any atom is -0.306 e. The first-order valence-electron chi connectivity index (χ1n) is 8.60. The van der Waals surface area contributed by atoms with E-state index in [-0.39, 0.29) is 16.1 Å². The molecule has 0 bridgehead atoms. The van der Waals surface area contributed by atoms with Crippen molar-refractivity contribution in [1.82, 2.24) is 0 Å². The van der Waals surface area contributed by atoms with Gasteiger partial charge in [-0.25, -0.2) is 13.6 Å². The molecule has 0 radical (unpaired) electrons. The number of halogens is 2. The second-order valence-electron chi connectivity index (χ2n) is 6.89. The van der Waals surface area contributed by atoms with Gasteiger partial charge in [-0.1, -0.05) is 45.9 Å². The van der Waals surface area contributed by atoms with Crippen LogP contribution in [0.3, 0.4) is 0 Å². The lowest BCUT2D eigenvalue weighted by Gasteiger charge is -2.24. The summed E-state index contributed by atoms with van der Waals surface area (Å²) in [5.41, 5.74) is 1.08. The molecule has 152 valence electrons. The minimum atomic E-state index is -5.18. The Morgan fingerprint density at radius 1 is 1.04 bits per heavy atom. The fourth-order valence-electron chi connectivity index (χ4n) is 2.84. The van der Waals surface area contributed by atoms with Crippen LogP contribution in [0.5, 0.6) is 0 Å². The smallest absolute Gasteiger partial charge is 0.306 e. The van der Waals surface area contributed by atoms with E-state index in [4.69, 9.17) is 0 Å². The molecule has 0 atom stereocenters. The van der Waals surface area contributed by atoms with Gasteiger partial charge in [-0.15, -0.1) is 0 Å². The molecular weight excluding hydrogens is 390 g/mol. The number of anilines is 2. The highest BCUT2D eigenvalue weighted by molar-refractivity contribution is 7.88. The summed E-state index contributed by atoms with van der Waals surface area (Å²) in [6, 6.07) is 6.05. The van der Waals surface area contributed by atoms with E-state index in [9.17, 15) is 26.5 Å². The number of hydrogen-bond acceptors (Lipinski definition) is 3. The Bertz CT molecular complexity index is 965. The molecule has 0 unspecified atom stereocenters. The van der Waals surface area contributed by atoms with Crippen LogP contribution < -0.4 is 9.62 Å².